The second kappa shape index (κ2) is 10.5. The quantitative estimate of drug-likeness (QED) is 0.426. The Bertz CT molecular complexity index is 599. The number of carbonyl (C=O) groups excluding carboxylic acids is 1. The van der Waals surface area contributed by atoms with Gasteiger partial charge in [-0.05, 0) is 31.0 Å². The normalized spacial score (nSPS) is 14.8. The summed E-state index contributed by atoms with van der Waals surface area (Å²) >= 11 is 0. The molecule has 0 saturated carbocycles. The maximum Gasteiger partial charge on any atom is 0.219 e. The maximum absolute atomic E-state index is 11.4. The first-order valence-corrected chi connectivity index (χ1v) is 8.47. The summed E-state index contributed by atoms with van der Waals surface area (Å²) in [5.41, 5.74) is 2.24. The number of guanidine groups is 1. The summed E-state index contributed by atoms with van der Waals surface area (Å²) in [5.74, 6) is 1.94. The molecule has 0 radical (unpaired) electrons. The number of aliphatic imine (C=N–C) groups is 1. The maximum atomic E-state index is 11.4. The number of rotatable bonds is 4. The summed E-state index contributed by atoms with van der Waals surface area (Å²) in [5, 5.41) is 3.35. The molecule has 1 amide bonds. The van der Waals surface area contributed by atoms with Crippen LogP contribution >= 0.6 is 24.0 Å². The van der Waals surface area contributed by atoms with E-state index in [1.807, 2.05) is 17.9 Å². The number of methoxy groups -OCH3 is 1. The van der Waals surface area contributed by atoms with Gasteiger partial charge in [0.25, 0.3) is 0 Å². The van der Waals surface area contributed by atoms with Gasteiger partial charge in [-0.15, -0.1) is 24.0 Å². The van der Waals surface area contributed by atoms with Crippen molar-refractivity contribution in [1.29, 1.82) is 0 Å². The van der Waals surface area contributed by atoms with Gasteiger partial charge < -0.3 is 19.9 Å². The van der Waals surface area contributed by atoms with Crippen molar-refractivity contribution in [3.63, 3.8) is 0 Å². The van der Waals surface area contributed by atoms with Crippen LogP contribution in [0.15, 0.2) is 23.2 Å². The summed E-state index contributed by atoms with van der Waals surface area (Å²) in [6.45, 7) is 10.3. The summed E-state index contributed by atoms with van der Waals surface area (Å²) in [6, 6.07) is 6.18. The van der Waals surface area contributed by atoms with Gasteiger partial charge in [0.15, 0.2) is 5.96 Å². The minimum Gasteiger partial charge on any atom is -0.496 e. The van der Waals surface area contributed by atoms with Crippen LogP contribution in [-0.4, -0.2) is 61.5 Å². The number of benzene rings is 1. The molecule has 0 bridgehead atoms. The van der Waals surface area contributed by atoms with Crippen molar-refractivity contribution in [3.05, 3.63) is 29.3 Å². The van der Waals surface area contributed by atoms with E-state index in [2.05, 4.69) is 29.3 Å². The summed E-state index contributed by atoms with van der Waals surface area (Å²) < 4.78 is 5.38. The Kier molecular flexibility index (Phi) is 9.02. The predicted octanol–water partition coefficient (Wildman–Crippen LogP) is 2.25. The number of hydrogen-bond acceptors (Lipinski definition) is 3. The highest BCUT2D eigenvalue weighted by molar-refractivity contribution is 14.0. The summed E-state index contributed by atoms with van der Waals surface area (Å²) in [4.78, 5) is 20.3. The monoisotopic (exact) mass is 460 g/mol. The Morgan fingerprint density at radius 1 is 1.24 bits per heavy atom. The largest absolute Gasteiger partial charge is 0.496 e. The molecule has 1 aliphatic heterocycles. The van der Waals surface area contributed by atoms with Crippen LogP contribution in [0.4, 0.5) is 0 Å². The molecule has 0 aliphatic carbocycles. The Labute approximate surface area is 167 Å². The second-order valence-corrected chi connectivity index (χ2v) is 5.97. The third-order valence-electron chi connectivity index (χ3n) is 4.24. The molecule has 0 aromatic heterocycles. The SMILES string of the molecule is CCNC(=NCc1ccc(C)c(OC)c1)N1CCN(C(C)=O)CC1.I. The van der Waals surface area contributed by atoms with Crippen LogP contribution in [0.3, 0.4) is 0 Å². The molecule has 140 valence electrons. The fraction of sp³-hybridized carbons (Fsp3) is 0.556. The van der Waals surface area contributed by atoms with Crippen LogP contribution in [0, 0.1) is 6.92 Å². The number of aryl methyl sites for hydroxylation is 1. The van der Waals surface area contributed by atoms with Crippen molar-refractivity contribution in [1.82, 2.24) is 15.1 Å². The van der Waals surface area contributed by atoms with Crippen LogP contribution in [0.1, 0.15) is 25.0 Å². The number of nitrogens with zero attached hydrogens (tertiary/aromatic N) is 3. The van der Waals surface area contributed by atoms with Gasteiger partial charge in [0.05, 0.1) is 13.7 Å². The number of carbonyl (C=O) groups is 1. The van der Waals surface area contributed by atoms with Crippen molar-refractivity contribution >= 4 is 35.8 Å². The van der Waals surface area contributed by atoms with Gasteiger partial charge >= 0.3 is 0 Å². The van der Waals surface area contributed by atoms with Crippen molar-refractivity contribution in [2.75, 3.05) is 39.8 Å². The van der Waals surface area contributed by atoms with Crippen LogP contribution in [0.25, 0.3) is 0 Å². The molecule has 25 heavy (non-hydrogen) atoms. The molecule has 1 saturated heterocycles. The van der Waals surface area contributed by atoms with Crippen LogP contribution in [0.5, 0.6) is 5.75 Å². The van der Waals surface area contributed by atoms with E-state index < -0.39 is 0 Å². The third-order valence-corrected chi connectivity index (χ3v) is 4.24. The lowest BCUT2D eigenvalue weighted by atomic mass is 10.1. The minimum atomic E-state index is 0. The Hall–Kier alpha value is -1.51. The molecule has 1 aliphatic rings. The predicted molar refractivity (Wildman–Crippen MR) is 112 cm³/mol. The smallest absolute Gasteiger partial charge is 0.219 e. The molecule has 6 nitrogen and oxygen atoms in total. The lowest BCUT2D eigenvalue weighted by molar-refractivity contribution is -0.130. The van der Waals surface area contributed by atoms with Gasteiger partial charge in [-0.2, -0.15) is 0 Å². The standard InChI is InChI=1S/C18H28N4O2.HI/c1-5-19-18(22-10-8-21(9-11-22)15(3)23)20-13-16-7-6-14(2)17(12-16)24-4;/h6-7,12H,5,8-11,13H2,1-4H3,(H,19,20);1H. The first kappa shape index (κ1) is 21.5. The average molecular weight is 460 g/mol. The number of hydrogen-bond donors (Lipinski definition) is 1. The Morgan fingerprint density at radius 3 is 2.44 bits per heavy atom. The van der Waals surface area contributed by atoms with E-state index in [0.717, 1.165) is 55.6 Å². The zero-order valence-corrected chi connectivity index (χ0v) is 17.9. The van der Waals surface area contributed by atoms with Gasteiger partial charge in [0.1, 0.15) is 5.75 Å². The highest BCUT2D eigenvalue weighted by Crippen LogP contribution is 2.19. The number of nitrogens with one attached hydrogen (secondary N) is 1. The first-order chi connectivity index (χ1) is 11.5. The van der Waals surface area contributed by atoms with Gasteiger partial charge in [-0.25, -0.2) is 4.99 Å². The molecule has 1 heterocycles. The zero-order chi connectivity index (χ0) is 17.5. The molecule has 0 spiro atoms. The van der Waals surface area contributed by atoms with Gasteiger partial charge in [-0.1, -0.05) is 12.1 Å². The summed E-state index contributed by atoms with van der Waals surface area (Å²) in [7, 11) is 1.69. The van der Waals surface area contributed by atoms with E-state index in [4.69, 9.17) is 9.73 Å². The van der Waals surface area contributed by atoms with Crippen LogP contribution in [-0.2, 0) is 11.3 Å². The lowest BCUT2D eigenvalue weighted by Crippen LogP contribution is -2.53. The summed E-state index contributed by atoms with van der Waals surface area (Å²) in [6.07, 6.45) is 0. The third kappa shape index (κ3) is 6.05. The number of halogens is 1. The zero-order valence-electron chi connectivity index (χ0n) is 15.5. The fourth-order valence-corrected chi connectivity index (χ4v) is 2.79. The minimum absolute atomic E-state index is 0. The van der Waals surface area contributed by atoms with E-state index in [0.29, 0.717) is 6.54 Å². The second-order valence-electron chi connectivity index (χ2n) is 5.97. The highest BCUT2D eigenvalue weighted by Gasteiger charge is 2.20. The first-order valence-electron chi connectivity index (χ1n) is 8.47. The molecule has 0 atom stereocenters. The Balaban J connectivity index is 0.00000312. The Morgan fingerprint density at radius 2 is 1.88 bits per heavy atom. The lowest BCUT2D eigenvalue weighted by Gasteiger charge is -2.36. The molecule has 2 rings (SSSR count). The number of amides is 1. The molecule has 1 aromatic rings. The molecule has 1 aromatic carbocycles. The molecular formula is C18H29IN4O2. The van der Waals surface area contributed by atoms with Crippen molar-refractivity contribution in [2.45, 2.75) is 27.3 Å². The number of ether oxygens (including phenoxy) is 1. The average Bonchev–Trinajstić information content (AvgIpc) is 2.59. The molecule has 1 N–H and O–H groups in total. The van der Waals surface area contributed by atoms with E-state index in [9.17, 15) is 4.79 Å². The van der Waals surface area contributed by atoms with Crippen molar-refractivity contribution in [2.24, 2.45) is 4.99 Å². The fourth-order valence-electron chi connectivity index (χ4n) is 2.79. The van der Waals surface area contributed by atoms with Crippen molar-refractivity contribution < 1.29 is 9.53 Å². The van der Waals surface area contributed by atoms with E-state index >= 15 is 0 Å². The molecule has 1 fully saturated rings. The molecule has 0 unspecified atom stereocenters. The molecule has 7 heteroatoms. The molecular weight excluding hydrogens is 431 g/mol. The van der Waals surface area contributed by atoms with Crippen LogP contribution < -0.4 is 10.1 Å². The van der Waals surface area contributed by atoms with E-state index in [1.165, 1.54) is 0 Å². The van der Waals surface area contributed by atoms with Gasteiger partial charge in [0.2, 0.25) is 5.91 Å². The van der Waals surface area contributed by atoms with Crippen LogP contribution in [0.2, 0.25) is 0 Å². The van der Waals surface area contributed by atoms with E-state index in [-0.39, 0.29) is 29.9 Å². The van der Waals surface area contributed by atoms with Crippen molar-refractivity contribution in [3.8, 4) is 5.75 Å². The number of piperazine rings is 1. The highest BCUT2D eigenvalue weighted by atomic mass is 127. The topological polar surface area (TPSA) is 57.2 Å². The van der Waals surface area contributed by atoms with E-state index in [1.54, 1.807) is 14.0 Å². The van der Waals surface area contributed by atoms with Gasteiger partial charge in [0, 0.05) is 39.6 Å². The van der Waals surface area contributed by atoms with Gasteiger partial charge in [-0.3, -0.25) is 4.79 Å².